The molecule has 19 heavy (non-hydrogen) atoms. The molecule has 2 aromatic rings. The molecule has 1 amide bonds. The van der Waals surface area contributed by atoms with Gasteiger partial charge in [-0.1, -0.05) is 12.1 Å². The Kier molecular flexibility index (Phi) is 2.91. The highest BCUT2D eigenvalue weighted by Crippen LogP contribution is 2.31. The van der Waals surface area contributed by atoms with Crippen molar-refractivity contribution in [3.63, 3.8) is 0 Å². The van der Waals surface area contributed by atoms with Crippen LogP contribution in [0.4, 0.5) is 10.1 Å². The van der Waals surface area contributed by atoms with E-state index < -0.39 is 0 Å². The fourth-order valence-corrected chi connectivity index (χ4v) is 2.13. The third kappa shape index (κ3) is 2.17. The number of fused-ring (bicyclic) bond motifs is 1. The van der Waals surface area contributed by atoms with Gasteiger partial charge in [0.25, 0.3) is 5.91 Å². The lowest BCUT2D eigenvalue weighted by molar-refractivity contribution is 0.0976. The van der Waals surface area contributed by atoms with Gasteiger partial charge in [0, 0.05) is 5.56 Å². The summed E-state index contributed by atoms with van der Waals surface area (Å²) in [6.45, 7) is 0.956. The van der Waals surface area contributed by atoms with Gasteiger partial charge in [0.1, 0.15) is 18.2 Å². The Morgan fingerprint density at radius 2 is 1.84 bits per heavy atom. The fraction of sp³-hybridized carbons (Fsp3) is 0.133. The molecule has 0 saturated heterocycles. The van der Waals surface area contributed by atoms with Gasteiger partial charge in [0.2, 0.25) is 0 Å². The smallest absolute Gasteiger partial charge is 0.258 e. The third-order valence-corrected chi connectivity index (χ3v) is 3.06. The maximum absolute atomic E-state index is 12.9. The molecule has 0 saturated carbocycles. The molecule has 3 nitrogen and oxygen atoms in total. The molecule has 0 fully saturated rings. The van der Waals surface area contributed by atoms with E-state index in [2.05, 4.69) is 0 Å². The van der Waals surface area contributed by atoms with Crippen molar-refractivity contribution in [1.29, 1.82) is 0 Å². The maximum Gasteiger partial charge on any atom is 0.258 e. The zero-order chi connectivity index (χ0) is 13.2. The van der Waals surface area contributed by atoms with Gasteiger partial charge in [-0.15, -0.1) is 0 Å². The molecule has 0 bridgehead atoms. The molecule has 3 rings (SSSR count). The third-order valence-electron chi connectivity index (χ3n) is 3.06. The van der Waals surface area contributed by atoms with Gasteiger partial charge in [0.05, 0.1) is 12.2 Å². The van der Waals surface area contributed by atoms with Gasteiger partial charge >= 0.3 is 0 Å². The minimum atomic E-state index is -0.348. The van der Waals surface area contributed by atoms with Crippen LogP contribution in [0, 0.1) is 5.82 Å². The van der Waals surface area contributed by atoms with Crippen molar-refractivity contribution in [3.05, 3.63) is 59.9 Å². The van der Waals surface area contributed by atoms with Gasteiger partial charge in [-0.3, -0.25) is 4.79 Å². The number of hydrogen-bond donors (Lipinski definition) is 0. The van der Waals surface area contributed by atoms with Gasteiger partial charge in [-0.05, 0) is 36.4 Å². The van der Waals surface area contributed by atoms with E-state index in [1.807, 2.05) is 24.3 Å². The lowest BCUT2D eigenvalue weighted by Gasteiger charge is -2.29. The number of anilines is 1. The quantitative estimate of drug-likeness (QED) is 0.786. The normalized spacial score (nSPS) is 13.6. The Balaban J connectivity index is 1.95. The van der Waals surface area contributed by atoms with Crippen LogP contribution in [0.3, 0.4) is 0 Å². The van der Waals surface area contributed by atoms with Crippen molar-refractivity contribution in [1.82, 2.24) is 0 Å². The lowest BCUT2D eigenvalue weighted by Crippen LogP contribution is -2.37. The predicted molar refractivity (Wildman–Crippen MR) is 70.0 cm³/mol. The molecule has 2 aromatic carbocycles. The summed E-state index contributed by atoms with van der Waals surface area (Å²) in [7, 11) is 0. The number of rotatable bonds is 1. The largest absolute Gasteiger partial charge is 0.490 e. The summed E-state index contributed by atoms with van der Waals surface area (Å²) in [4.78, 5) is 14.1. The second-order valence-corrected chi connectivity index (χ2v) is 4.28. The highest BCUT2D eigenvalue weighted by Gasteiger charge is 2.24. The van der Waals surface area contributed by atoms with E-state index in [0.717, 1.165) is 5.69 Å². The van der Waals surface area contributed by atoms with Crippen LogP contribution in [0.2, 0.25) is 0 Å². The number of ether oxygens (including phenoxy) is 1. The van der Waals surface area contributed by atoms with Crippen molar-refractivity contribution in [2.75, 3.05) is 18.1 Å². The molecule has 1 heterocycles. The summed E-state index contributed by atoms with van der Waals surface area (Å²) in [6.07, 6.45) is 0. The average molecular weight is 257 g/mol. The van der Waals surface area contributed by atoms with Crippen LogP contribution < -0.4 is 9.64 Å². The summed E-state index contributed by atoms with van der Waals surface area (Å²) in [6, 6.07) is 13.0. The number of halogens is 1. The first-order valence-electron chi connectivity index (χ1n) is 6.05. The van der Waals surface area contributed by atoms with Crippen LogP contribution in [-0.2, 0) is 0 Å². The molecule has 0 N–H and O–H groups in total. The van der Waals surface area contributed by atoms with Crippen LogP contribution in [0.5, 0.6) is 5.75 Å². The number of benzene rings is 2. The van der Waals surface area contributed by atoms with E-state index >= 15 is 0 Å². The van der Waals surface area contributed by atoms with E-state index in [-0.39, 0.29) is 11.7 Å². The Labute approximate surface area is 110 Å². The van der Waals surface area contributed by atoms with Crippen LogP contribution in [0.25, 0.3) is 0 Å². The monoisotopic (exact) mass is 257 g/mol. The zero-order valence-corrected chi connectivity index (χ0v) is 10.2. The van der Waals surface area contributed by atoms with Crippen LogP contribution >= 0.6 is 0 Å². The highest BCUT2D eigenvalue weighted by atomic mass is 19.1. The van der Waals surface area contributed by atoms with Crippen molar-refractivity contribution in [2.24, 2.45) is 0 Å². The van der Waals surface area contributed by atoms with E-state index in [1.165, 1.54) is 24.3 Å². The summed E-state index contributed by atoms with van der Waals surface area (Å²) >= 11 is 0. The number of carbonyl (C=O) groups is 1. The molecule has 4 heteroatoms. The predicted octanol–water partition coefficient (Wildman–Crippen LogP) is 2.86. The number of hydrogen-bond acceptors (Lipinski definition) is 2. The molecule has 0 radical (unpaired) electrons. The topological polar surface area (TPSA) is 29.5 Å². The molecule has 0 spiro atoms. The fourth-order valence-electron chi connectivity index (χ4n) is 2.13. The lowest BCUT2D eigenvalue weighted by atomic mass is 10.1. The van der Waals surface area contributed by atoms with Crippen LogP contribution in [0.15, 0.2) is 48.5 Å². The van der Waals surface area contributed by atoms with Crippen LogP contribution in [-0.4, -0.2) is 19.1 Å². The van der Waals surface area contributed by atoms with E-state index in [1.54, 1.807) is 4.90 Å². The Hall–Kier alpha value is -2.36. The highest BCUT2D eigenvalue weighted by molar-refractivity contribution is 6.07. The standard InChI is InChI=1S/C15H12FNO2/c16-12-7-5-11(6-8-12)15(18)17-9-10-19-14-4-2-1-3-13(14)17/h1-8H,9-10H2. The van der Waals surface area contributed by atoms with Crippen molar-refractivity contribution >= 4 is 11.6 Å². The van der Waals surface area contributed by atoms with Crippen molar-refractivity contribution in [2.45, 2.75) is 0 Å². The Bertz CT molecular complexity index is 610. The number of nitrogens with zero attached hydrogens (tertiary/aromatic N) is 1. The van der Waals surface area contributed by atoms with E-state index in [0.29, 0.717) is 24.5 Å². The Morgan fingerprint density at radius 1 is 1.11 bits per heavy atom. The van der Waals surface area contributed by atoms with Crippen LogP contribution in [0.1, 0.15) is 10.4 Å². The molecule has 0 aliphatic carbocycles. The van der Waals surface area contributed by atoms with Gasteiger partial charge in [0.15, 0.2) is 0 Å². The summed E-state index contributed by atoms with van der Waals surface area (Å²) in [5.74, 6) is 0.207. The van der Waals surface area contributed by atoms with Crippen molar-refractivity contribution in [3.8, 4) is 5.75 Å². The van der Waals surface area contributed by atoms with Gasteiger partial charge in [-0.25, -0.2) is 4.39 Å². The van der Waals surface area contributed by atoms with E-state index in [9.17, 15) is 9.18 Å². The summed E-state index contributed by atoms with van der Waals surface area (Å²) in [5.41, 5.74) is 1.22. The Morgan fingerprint density at radius 3 is 2.63 bits per heavy atom. The maximum atomic E-state index is 12.9. The molecule has 0 atom stereocenters. The summed E-state index contributed by atoms with van der Waals surface area (Å²) in [5, 5.41) is 0. The number of carbonyl (C=O) groups excluding carboxylic acids is 1. The van der Waals surface area contributed by atoms with Gasteiger partial charge in [-0.2, -0.15) is 0 Å². The van der Waals surface area contributed by atoms with E-state index in [4.69, 9.17) is 4.74 Å². The zero-order valence-electron chi connectivity index (χ0n) is 10.2. The first-order chi connectivity index (χ1) is 9.25. The second kappa shape index (κ2) is 4.72. The molecule has 1 aliphatic heterocycles. The summed E-state index contributed by atoms with van der Waals surface area (Å²) < 4.78 is 18.4. The SMILES string of the molecule is O=C(c1ccc(F)cc1)N1CCOc2ccccc21. The number of amides is 1. The minimum absolute atomic E-state index is 0.143. The first kappa shape index (κ1) is 11.7. The number of para-hydroxylation sites is 2. The van der Waals surface area contributed by atoms with Gasteiger partial charge < -0.3 is 9.64 Å². The average Bonchev–Trinajstić information content (AvgIpc) is 2.47. The minimum Gasteiger partial charge on any atom is -0.490 e. The molecular weight excluding hydrogens is 245 g/mol. The molecule has 96 valence electrons. The molecule has 1 aliphatic rings. The molecular formula is C15H12FNO2. The molecule has 0 unspecified atom stereocenters. The molecule has 0 aromatic heterocycles. The second-order valence-electron chi connectivity index (χ2n) is 4.28. The van der Waals surface area contributed by atoms with Crippen molar-refractivity contribution < 1.29 is 13.9 Å². The first-order valence-corrected chi connectivity index (χ1v) is 6.05.